The number of sulfonamides is 1. The number of hydrogen-bond acceptors (Lipinski definition) is 3. The first-order valence-corrected chi connectivity index (χ1v) is 7.55. The monoisotopic (exact) mass is 290 g/mol. The molecule has 0 amide bonds. The van der Waals surface area contributed by atoms with E-state index in [-0.39, 0.29) is 6.04 Å². The van der Waals surface area contributed by atoms with E-state index < -0.39 is 32.2 Å². The Labute approximate surface area is 111 Å². The summed E-state index contributed by atoms with van der Waals surface area (Å²) in [4.78, 5) is -0.606. The number of benzene rings is 1. The molecule has 0 heterocycles. The van der Waals surface area contributed by atoms with Gasteiger partial charge in [-0.3, -0.25) is 0 Å². The zero-order valence-corrected chi connectivity index (χ0v) is 11.3. The number of nitrogens with two attached hydrogens (primary N) is 1. The van der Waals surface area contributed by atoms with Crippen LogP contribution in [-0.4, -0.2) is 14.5 Å². The third-order valence-electron chi connectivity index (χ3n) is 3.40. The lowest BCUT2D eigenvalue weighted by Gasteiger charge is -2.14. The topological polar surface area (TPSA) is 72.2 Å². The maximum atomic E-state index is 13.7. The highest BCUT2D eigenvalue weighted by Crippen LogP contribution is 2.27. The summed E-state index contributed by atoms with van der Waals surface area (Å²) >= 11 is 0. The SMILES string of the molecule is CC1CCC(NS(=O)(=O)c2ccc(F)c(N)c2F)C1. The molecule has 19 heavy (non-hydrogen) atoms. The Bertz CT molecular complexity index is 590. The molecule has 1 aliphatic carbocycles. The van der Waals surface area contributed by atoms with Crippen LogP contribution >= 0.6 is 0 Å². The fourth-order valence-electron chi connectivity index (χ4n) is 2.35. The molecule has 106 valence electrons. The van der Waals surface area contributed by atoms with Gasteiger partial charge in [-0.1, -0.05) is 6.92 Å². The number of rotatable bonds is 3. The maximum absolute atomic E-state index is 13.7. The highest BCUT2D eigenvalue weighted by molar-refractivity contribution is 7.89. The zero-order chi connectivity index (χ0) is 14.2. The predicted octanol–water partition coefficient (Wildman–Crippen LogP) is 2.01. The molecule has 0 aromatic heterocycles. The second kappa shape index (κ2) is 5.05. The van der Waals surface area contributed by atoms with E-state index in [4.69, 9.17) is 5.73 Å². The molecular formula is C12H16F2N2O2S. The lowest BCUT2D eigenvalue weighted by Crippen LogP contribution is -2.33. The minimum absolute atomic E-state index is 0.203. The molecule has 0 bridgehead atoms. The van der Waals surface area contributed by atoms with Crippen LogP contribution in [0.1, 0.15) is 26.2 Å². The molecule has 0 aliphatic heterocycles. The van der Waals surface area contributed by atoms with Gasteiger partial charge in [-0.15, -0.1) is 0 Å². The lowest BCUT2D eigenvalue weighted by atomic mass is 10.1. The third kappa shape index (κ3) is 2.87. The lowest BCUT2D eigenvalue weighted by molar-refractivity contribution is 0.525. The summed E-state index contributed by atoms with van der Waals surface area (Å²) in [6, 6.07) is 1.54. The molecule has 1 aromatic rings. The minimum Gasteiger partial charge on any atom is -0.394 e. The fraction of sp³-hybridized carbons (Fsp3) is 0.500. The Balaban J connectivity index is 2.27. The number of nitrogens with one attached hydrogen (secondary N) is 1. The summed E-state index contributed by atoms with van der Waals surface area (Å²) in [5, 5.41) is 0. The van der Waals surface area contributed by atoms with Crippen LogP contribution in [0.5, 0.6) is 0 Å². The zero-order valence-electron chi connectivity index (χ0n) is 10.5. The first kappa shape index (κ1) is 14.2. The van der Waals surface area contributed by atoms with Crippen LogP contribution in [0.25, 0.3) is 0 Å². The van der Waals surface area contributed by atoms with Crippen molar-refractivity contribution in [2.45, 2.75) is 37.1 Å². The molecule has 2 atom stereocenters. The van der Waals surface area contributed by atoms with Crippen molar-refractivity contribution in [3.05, 3.63) is 23.8 Å². The molecule has 4 nitrogen and oxygen atoms in total. The molecule has 1 aromatic carbocycles. The van der Waals surface area contributed by atoms with Crippen molar-refractivity contribution in [2.75, 3.05) is 5.73 Å². The van der Waals surface area contributed by atoms with Crippen molar-refractivity contribution in [2.24, 2.45) is 5.92 Å². The Morgan fingerprint density at radius 2 is 2.00 bits per heavy atom. The fourth-order valence-corrected chi connectivity index (χ4v) is 3.73. The van der Waals surface area contributed by atoms with Crippen LogP contribution in [0.4, 0.5) is 14.5 Å². The molecule has 2 unspecified atom stereocenters. The Morgan fingerprint density at radius 3 is 2.58 bits per heavy atom. The van der Waals surface area contributed by atoms with Crippen molar-refractivity contribution in [1.82, 2.24) is 4.72 Å². The molecule has 0 radical (unpaired) electrons. The average molecular weight is 290 g/mol. The van der Waals surface area contributed by atoms with Gasteiger partial charge in [0.15, 0.2) is 5.82 Å². The Hall–Kier alpha value is -1.21. The van der Waals surface area contributed by atoms with Gasteiger partial charge in [0, 0.05) is 6.04 Å². The van der Waals surface area contributed by atoms with Gasteiger partial charge in [0.25, 0.3) is 0 Å². The van der Waals surface area contributed by atoms with Gasteiger partial charge in [-0.05, 0) is 37.3 Å². The highest BCUT2D eigenvalue weighted by atomic mass is 32.2. The molecule has 0 spiro atoms. The quantitative estimate of drug-likeness (QED) is 0.836. The normalized spacial score (nSPS) is 23.7. The van der Waals surface area contributed by atoms with Gasteiger partial charge >= 0.3 is 0 Å². The number of halogens is 2. The van der Waals surface area contributed by atoms with E-state index in [1.165, 1.54) is 0 Å². The second-order valence-corrected chi connectivity index (χ2v) is 6.69. The van der Waals surface area contributed by atoms with E-state index in [1.807, 2.05) is 6.92 Å². The summed E-state index contributed by atoms with van der Waals surface area (Å²) in [7, 11) is -4.01. The van der Waals surface area contributed by atoms with Gasteiger partial charge < -0.3 is 5.73 Å². The maximum Gasteiger partial charge on any atom is 0.243 e. The van der Waals surface area contributed by atoms with Gasteiger partial charge in [0.1, 0.15) is 16.4 Å². The first-order valence-electron chi connectivity index (χ1n) is 6.07. The van der Waals surface area contributed by atoms with Crippen molar-refractivity contribution >= 4 is 15.7 Å². The van der Waals surface area contributed by atoms with Crippen LogP contribution in [0.15, 0.2) is 17.0 Å². The summed E-state index contributed by atoms with van der Waals surface area (Å²) in [6.07, 6.45) is 2.37. The van der Waals surface area contributed by atoms with Crippen LogP contribution < -0.4 is 10.5 Å². The molecule has 1 aliphatic rings. The van der Waals surface area contributed by atoms with Crippen LogP contribution in [0.3, 0.4) is 0 Å². The molecule has 3 N–H and O–H groups in total. The van der Waals surface area contributed by atoms with Crippen molar-refractivity contribution < 1.29 is 17.2 Å². The first-order chi connectivity index (χ1) is 8.81. The average Bonchev–Trinajstić information content (AvgIpc) is 2.70. The van der Waals surface area contributed by atoms with Crippen LogP contribution in [0, 0.1) is 17.6 Å². The van der Waals surface area contributed by atoms with Crippen LogP contribution in [-0.2, 0) is 10.0 Å². The second-order valence-electron chi connectivity index (χ2n) is 5.01. The summed E-state index contributed by atoms with van der Waals surface area (Å²) < 4.78 is 53.3. The summed E-state index contributed by atoms with van der Waals surface area (Å²) in [5.74, 6) is -1.76. The van der Waals surface area contributed by atoms with Gasteiger partial charge in [0.2, 0.25) is 10.0 Å². The standard InChI is InChI=1S/C12H16F2N2O2S/c1-7-2-3-8(6-7)16-19(17,18)10-5-4-9(13)12(15)11(10)14/h4-5,7-8,16H,2-3,6,15H2,1H3. The molecule has 7 heteroatoms. The van der Waals surface area contributed by atoms with E-state index in [2.05, 4.69) is 4.72 Å². The van der Waals surface area contributed by atoms with Crippen LogP contribution in [0.2, 0.25) is 0 Å². The highest BCUT2D eigenvalue weighted by Gasteiger charge is 2.29. The van der Waals surface area contributed by atoms with E-state index in [0.717, 1.165) is 31.4 Å². The largest absolute Gasteiger partial charge is 0.394 e. The minimum atomic E-state index is -4.01. The summed E-state index contributed by atoms with van der Waals surface area (Å²) in [6.45, 7) is 2.03. The number of hydrogen-bond donors (Lipinski definition) is 2. The summed E-state index contributed by atoms with van der Waals surface area (Å²) in [5.41, 5.74) is 4.39. The van der Waals surface area contributed by atoms with Crippen molar-refractivity contribution in [1.29, 1.82) is 0 Å². The van der Waals surface area contributed by atoms with E-state index in [9.17, 15) is 17.2 Å². The van der Waals surface area contributed by atoms with Gasteiger partial charge in [-0.25, -0.2) is 21.9 Å². The Morgan fingerprint density at radius 1 is 1.32 bits per heavy atom. The Kier molecular flexibility index (Phi) is 3.78. The smallest absolute Gasteiger partial charge is 0.243 e. The third-order valence-corrected chi connectivity index (χ3v) is 4.94. The van der Waals surface area contributed by atoms with E-state index in [1.54, 1.807) is 0 Å². The van der Waals surface area contributed by atoms with E-state index >= 15 is 0 Å². The predicted molar refractivity (Wildman–Crippen MR) is 67.9 cm³/mol. The molecule has 1 fully saturated rings. The van der Waals surface area contributed by atoms with Crippen molar-refractivity contribution in [3.63, 3.8) is 0 Å². The molecule has 1 saturated carbocycles. The number of anilines is 1. The van der Waals surface area contributed by atoms with Gasteiger partial charge in [0.05, 0.1) is 0 Å². The van der Waals surface area contributed by atoms with E-state index in [0.29, 0.717) is 5.92 Å². The van der Waals surface area contributed by atoms with Crippen molar-refractivity contribution in [3.8, 4) is 0 Å². The number of nitrogen functional groups attached to an aromatic ring is 1. The molecule has 2 rings (SSSR count). The molecular weight excluding hydrogens is 274 g/mol. The molecule has 0 saturated heterocycles. The van der Waals surface area contributed by atoms with Gasteiger partial charge in [-0.2, -0.15) is 0 Å².